The number of piperidine rings is 2. The molecule has 3 aliphatic heterocycles. The van der Waals surface area contributed by atoms with Crippen LogP contribution in [0.1, 0.15) is 47.9 Å². The van der Waals surface area contributed by atoms with Crippen LogP contribution >= 0.6 is 0 Å². The second-order valence-corrected chi connectivity index (χ2v) is 12.4. The van der Waals surface area contributed by atoms with Crippen LogP contribution in [-0.4, -0.2) is 70.1 Å². The van der Waals surface area contributed by atoms with Crippen LogP contribution in [0.25, 0.3) is 10.9 Å². The van der Waals surface area contributed by atoms with Gasteiger partial charge in [-0.15, -0.1) is 6.07 Å². The van der Waals surface area contributed by atoms with E-state index in [2.05, 4.69) is 74.9 Å². The van der Waals surface area contributed by atoms with Gasteiger partial charge < -0.3 is 36.6 Å². The number of likely N-dealkylation sites (tertiary alicyclic amines) is 1. The zero-order valence-electron chi connectivity index (χ0n) is 27.0. The van der Waals surface area contributed by atoms with Crippen LogP contribution in [0.5, 0.6) is 0 Å². The molecule has 10 nitrogen and oxygen atoms in total. The Morgan fingerprint density at radius 3 is 2.47 bits per heavy atom. The van der Waals surface area contributed by atoms with Crippen molar-refractivity contribution in [1.29, 1.82) is 0 Å². The van der Waals surface area contributed by atoms with E-state index in [4.69, 9.17) is 0 Å². The molecule has 0 spiro atoms. The van der Waals surface area contributed by atoms with E-state index in [1.165, 1.54) is 17.7 Å². The number of β-amino-alcohol motifs (C(OH)–C–C–N with tert-alkyl or cyclic N) is 1. The number of fused-ring (bicyclic) bond motifs is 1. The Labute approximate surface area is 287 Å². The van der Waals surface area contributed by atoms with E-state index in [1.807, 2.05) is 24.2 Å². The number of carbonyl (C=O) groups is 2. The van der Waals surface area contributed by atoms with Crippen molar-refractivity contribution in [3.8, 4) is 0 Å². The Hall–Kier alpha value is -4.20. The molecule has 4 heterocycles. The van der Waals surface area contributed by atoms with Gasteiger partial charge in [-0.2, -0.15) is 11.5 Å². The first-order chi connectivity index (χ1) is 22.2. The van der Waals surface area contributed by atoms with Gasteiger partial charge in [0, 0.05) is 69.0 Å². The number of nitrogens with zero attached hydrogens (tertiary/aromatic N) is 4. The summed E-state index contributed by atoms with van der Waals surface area (Å²) in [4.78, 5) is 36.2. The average Bonchev–Trinajstić information content (AvgIpc) is 3.40. The van der Waals surface area contributed by atoms with Gasteiger partial charge in [0.05, 0.1) is 17.6 Å². The van der Waals surface area contributed by atoms with Crippen molar-refractivity contribution in [1.82, 2.24) is 20.0 Å². The second-order valence-electron chi connectivity index (χ2n) is 12.4. The molecule has 1 aromatic heterocycles. The first-order valence-corrected chi connectivity index (χ1v) is 15.7. The summed E-state index contributed by atoms with van der Waals surface area (Å²) in [6.07, 6.45) is 8.51. The molecule has 11 heteroatoms. The first-order valence-electron chi connectivity index (χ1n) is 15.7. The summed E-state index contributed by atoms with van der Waals surface area (Å²) in [5, 5.41) is 22.4. The summed E-state index contributed by atoms with van der Waals surface area (Å²) in [5.74, 6) is -0.432. The topological polar surface area (TPSA) is 120 Å². The third kappa shape index (κ3) is 8.03. The normalized spacial score (nSPS) is 17.8. The Morgan fingerprint density at radius 1 is 1.09 bits per heavy atom. The van der Waals surface area contributed by atoms with E-state index in [1.54, 1.807) is 18.2 Å². The number of aliphatic hydroxyl groups is 1. The number of hydrogen-bond donors (Lipinski definition) is 3. The number of nitrogens with one attached hydrogen (secondary N) is 2. The molecule has 3 N–H and O–H groups in total. The molecule has 4 aromatic rings. The van der Waals surface area contributed by atoms with Crippen molar-refractivity contribution in [2.24, 2.45) is 7.05 Å². The van der Waals surface area contributed by atoms with Crippen molar-refractivity contribution < 1.29 is 38.4 Å². The summed E-state index contributed by atoms with van der Waals surface area (Å²) in [7, 11) is 1.97. The minimum Gasteiger partial charge on any atom is -0.391 e. The summed E-state index contributed by atoms with van der Waals surface area (Å²) in [5.41, 5.74) is 5.77. The molecule has 2 amide bonds. The molecule has 240 valence electrons. The molecule has 0 bridgehead atoms. The summed E-state index contributed by atoms with van der Waals surface area (Å²) in [6.45, 7) is 7.87. The maximum absolute atomic E-state index is 11.0. The number of anilines is 2. The van der Waals surface area contributed by atoms with Crippen molar-refractivity contribution in [3.05, 3.63) is 102 Å². The fourth-order valence-electron chi connectivity index (χ4n) is 6.40. The number of benzene rings is 3. The van der Waals surface area contributed by atoms with E-state index in [9.17, 15) is 19.5 Å². The van der Waals surface area contributed by atoms with Crippen LogP contribution in [-0.2, 0) is 33.6 Å². The zero-order valence-corrected chi connectivity index (χ0v) is 27.0. The van der Waals surface area contributed by atoms with Crippen LogP contribution in [0.3, 0.4) is 0 Å². The molecule has 3 aliphatic rings. The van der Waals surface area contributed by atoms with Crippen LogP contribution in [0.2, 0.25) is 0 Å². The number of aromatic nitrogens is 2. The molecule has 0 unspecified atom stereocenters. The Kier molecular flexibility index (Phi) is 10.7. The van der Waals surface area contributed by atoms with Gasteiger partial charge in [-0.1, -0.05) is 17.7 Å². The zero-order chi connectivity index (χ0) is 32.3. The smallest absolute Gasteiger partial charge is 0.391 e. The van der Waals surface area contributed by atoms with Crippen LogP contribution < -0.4 is 34.4 Å². The molecule has 0 saturated carbocycles. The van der Waals surface area contributed by atoms with Crippen LogP contribution in [0.15, 0.2) is 66.9 Å². The van der Waals surface area contributed by atoms with Crippen molar-refractivity contribution >= 4 is 40.4 Å². The second kappa shape index (κ2) is 14.7. The predicted molar refractivity (Wildman–Crippen MR) is 178 cm³/mol. The number of carbonyl (C=O) groups excluding carboxylic acids is 3. The number of aryl methyl sites for hydroxylation is 1. The summed E-state index contributed by atoms with van der Waals surface area (Å²) >= 11 is 0. The monoisotopic (exact) mass is 626 g/mol. The van der Waals surface area contributed by atoms with Gasteiger partial charge >= 0.3 is 18.9 Å². The summed E-state index contributed by atoms with van der Waals surface area (Å²) in [6, 6.07) is 21.0. The minimum atomic E-state index is -0.893. The Morgan fingerprint density at radius 2 is 1.83 bits per heavy atom. The average molecular weight is 627 g/mol. The Balaban J connectivity index is 0.000000424. The molecule has 0 aliphatic carbocycles. The predicted octanol–water partition coefficient (Wildman–Crippen LogP) is 0.629. The molecular weight excluding hydrogens is 587 g/mol. The molecule has 3 aromatic carbocycles. The van der Waals surface area contributed by atoms with Crippen molar-refractivity contribution in [2.75, 3.05) is 36.4 Å². The van der Waals surface area contributed by atoms with Gasteiger partial charge in [-0.25, -0.2) is 12.1 Å². The van der Waals surface area contributed by atoms with Crippen molar-refractivity contribution in [2.45, 2.75) is 43.9 Å². The van der Waals surface area contributed by atoms with Gasteiger partial charge in [0.15, 0.2) is 0 Å². The quantitative estimate of drug-likeness (QED) is 0.155. The molecule has 0 radical (unpaired) electrons. The van der Waals surface area contributed by atoms with E-state index >= 15 is 0 Å². The van der Waals surface area contributed by atoms with Gasteiger partial charge in [0.2, 0.25) is 5.91 Å². The van der Waals surface area contributed by atoms with Gasteiger partial charge in [-0.05, 0) is 55.0 Å². The van der Waals surface area contributed by atoms with Crippen LogP contribution in [0.4, 0.5) is 11.4 Å². The van der Waals surface area contributed by atoms with Crippen LogP contribution in [0, 0.1) is 13.3 Å². The van der Waals surface area contributed by atoms with E-state index in [0.29, 0.717) is 43.1 Å². The number of imide groups is 1. The third-order valence-corrected chi connectivity index (χ3v) is 9.01. The molecule has 3 fully saturated rings. The Bertz CT molecular complexity index is 1710. The van der Waals surface area contributed by atoms with Gasteiger partial charge in [-0.3, -0.25) is 32.4 Å². The molecule has 47 heavy (non-hydrogen) atoms. The first kappa shape index (κ1) is 34.1. The molecular formula is C36H39LiN6O4-2. The number of hydrogen-bond acceptors (Lipinski definition) is 8. The maximum atomic E-state index is 11.0. The van der Waals surface area contributed by atoms with E-state index < -0.39 is 5.60 Å². The SMILES string of the molecule is O=C1[CH-]CCC(=O)N1.[CH2-]c1cc(C2(O)CN(Cc3ccc(N4CCC(Nc5ccc6c(cnn6C)c5)CC4)cc3)C2)ccc1[C-]=O.[Li+]. The molecule has 7 rings (SSSR count). The maximum Gasteiger partial charge on any atom is 1.00 e. The largest absolute Gasteiger partial charge is 1.00 e. The fourth-order valence-corrected chi connectivity index (χ4v) is 6.40. The van der Waals surface area contributed by atoms with E-state index in [-0.39, 0.29) is 30.7 Å². The summed E-state index contributed by atoms with van der Waals surface area (Å²) < 4.78 is 1.90. The fraction of sp³-hybridized carbons (Fsp3) is 0.333. The van der Waals surface area contributed by atoms with Gasteiger partial charge in [0.1, 0.15) is 5.60 Å². The standard InChI is InChI=1S/C31H33N5O2.C5H6NO2.Li/c1-22-15-26(6-5-24(22)19-37)31(38)20-35(21-31)18-23-3-8-29(9-4-23)36-13-11-27(12-14-36)33-28-7-10-30-25(16-28)17-32-34(30)2;7-4-2-1-3-5(8)6-4;/h3-10,15-17,27,33,38H,1,11-14,18,20-21H2,2H3;2H,1,3H2,(H,6,7,8);/q-2;-1;+1. The molecule has 0 atom stereocenters. The van der Waals surface area contributed by atoms with E-state index in [0.717, 1.165) is 54.6 Å². The number of rotatable bonds is 7. The third-order valence-electron chi connectivity index (χ3n) is 9.01. The van der Waals surface area contributed by atoms with Crippen molar-refractivity contribution in [3.63, 3.8) is 0 Å². The molecule has 3 saturated heterocycles. The minimum absolute atomic E-state index is 0. The number of amides is 2. The van der Waals surface area contributed by atoms with Gasteiger partial charge in [0.25, 0.3) is 0 Å².